The third-order valence-corrected chi connectivity index (χ3v) is 6.74. The van der Waals surface area contributed by atoms with Crippen LogP contribution < -0.4 is 15.0 Å². The summed E-state index contributed by atoms with van der Waals surface area (Å²) in [7, 11) is 0. The molecule has 10 heteroatoms. The van der Waals surface area contributed by atoms with Gasteiger partial charge >= 0.3 is 0 Å². The monoisotopic (exact) mass is 517 g/mol. The molecule has 200 valence electrons. The fourth-order valence-corrected chi connectivity index (χ4v) is 4.64. The second-order valence-corrected chi connectivity index (χ2v) is 9.71. The number of morpholine rings is 1. The van der Waals surface area contributed by atoms with E-state index in [0.29, 0.717) is 63.7 Å². The predicted molar refractivity (Wildman–Crippen MR) is 134 cm³/mol. The van der Waals surface area contributed by atoms with Crippen molar-refractivity contribution in [1.29, 1.82) is 0 Å². The van der Waals surface area contributed by atoms with Crippen LogP contribution in [0.4, 0.5) is 14.5 Å². The molecule has 2 aromatic rings. The summed E-state index contributed by atoms with van der Waals surface area (Å²) in [6, 6.07) is 6.83. The van der Waals surface area contributed by atoms with E-state index < -0.39 is 23.5 Å². The number of ether oxygens (including phenoxy) is 2. The molecule has 0 bridgehead atoms. The average Bonchev–Trinajstić information content (AvgIpc) is 2.88. The van der Waals surface area contributed by atoms with Gasteiger partial charge < -0.3 is 29.7 Å². The lowest BCUT2D eigenvalue weighted by molar-refractivity contribution is -0.136. The Morgan fingerprint density at radius 1 is 1.03 bits per heavy atom. The molecule has 2 N–H and O–H groups in total. The van der Waals surface area contributed by atoms with E-state index in [0.717, 1.165) is 12.1 Å². The zero-order chi connectivity index (χ0) is 26.5. The Hall–Kier alpha value is -3.40. The number of likely N-dealkylation sites (tertiary alicyclic amines) is 1. The number of piperidine rings is 1. The number of anilines is 1. The van der Waals surface area contributed by atoms with Crippen LogP contribution in [0.3, 0.4) is 0 Å². The second kappa shape index (κ2) is 11.8. The lowest BCUT2D eigenvalue weighted by atomic mass is 9.99. The molecule has 2 aromatic carbocycles. The Labute approximate surface area is 215 Å². The number of hydrogen-bond donors (Lipinski definition) is 2. The summed E-state index contributed by atoms with van der Waals surface area (Å²) >= 11 is 0. The number of hydrogen-bond acceptors (Lipinski definition) is 6. The van der Waals surface area contributed by atoms with Crippen LogP contribution in [0.15, 0.2) is 36.4 Å². The number of halogens is 2. The lowest BCUT2D eigenvalue weighted by Gasteiger charge is -2.36. The molecule has 2 aliphatic heterocycles. The number of nitrogens with zero attached hydrogens (tertiary/aromatic N) is 2. The summed E-state index contributed by atoms with van der Waals surface area (Å²) in [5.74, 6) is -1.93. The highest BCUT2D eigenvalue weighted by molar-refractivity contribution is 5.99. The first-order chi connectivity index (χ1) is 17.7. The molecule has 2 aliphatic rings. The first-order valence-corrected chi connectivity index (χ1v) is 12.6. The summed E-state index contributed by atoms with van der Waals surface area (Å²) < 4.78 is 38.9. The normalized spacial score (nSPS) is 17.5. The van der Waals surface area contributed by atoms with Gasteiger partial charge in [0.25, 0.3) is 5.91 Å². The van der Waals surface area contributed by atoms with Gasteiger partial charge in [-0.15, -0.1) is 0 Å². The van der Waals surface area contributed by atoms with Gasteiger partial charge in [-0.2, -0.15) is 0 Å². The van der Waals surface area contributed by atoms with Gasteiger partial charge in [-0.1, -0.05) is 13.8 Å². The molecule has 0 radical (unpaired) electrons. The van der Waals surface area contributed by atoms with Crippen LogP contribution in [0.5, 0.6) is 11.5 Å². The number of benzene rings is 2. The Morgan fingerprint density at radius 3 is 2.32 bits per heavy atom. The van der Waals surface area contributed by atoms with Crippen LogP contribution in [-0.2, 0) is 9.53 Å². The molecule has 0 aromatic heterocycles. The maximum absolute atomic E-state index is 14.0. The van der Waals surface area contributed by atoms with Gasteiger partial charge in [0.15, 0.2) is 0 Å². The molecule has 2 heterocycles. The van der Waals surface area contributed by atoms with Crippen molar-refractivity contribution in [3.05, 3.63) is 53.6 Å². The topological polar surface area (TPSA) is 91.3 Å². The Morgan fingerprint density at radius 2 is 1.68 bits per heavy atom. The van der Waals surface area contributed by atoms with Crippen LogP contribution in [0.1, 0.15) is 37.0 Å². The van der Waals surface area contributed by atoms with Gasteiger partial charge in [-0.3, -0.25) is 9.59 Å². The van der Waals surface area contributed by atoms with E-state index in [2.05, 4.69) is 10.2 Å². The van der Waals surface area contributed by atoms with Gasteiger partial charge in [0, 0.05) is 51.2 Å². The van der Waals surface area contributed by atoms with Crippen LogP contribution in [0.2, 0.25) is 0 Å². The predicted octanol–water partition coefficient (Wildman–Crippen LogP) is 3.33. The average molecular weight is 518 g/mol. The molecule has 2 fully saturated rings. The van der Waals surface area contributed by atoms with Gasteiger partial charge in [0.05, 0.1) is 24.5 Å². The molecule has 0 aliphatic carbocycles. The SMILES string of the molecule is CC(C)[C@H](NC(=O)c1ccc(F)cc1O)C(=O)N1CCC(Oc2ccc(F)cc2N2CCOCC2)CC1. The van der Waals surface area contributed by atoms with E-state index in [-0.39, 0.29) is 29.3 Å². The van der Waals surface area contributed by atoms with Gasteiger partial charge in [0.1, 0.15) is 35.3 Å². The van der Waals surface area contributed by atoms with E-state index in [1.54, 1.807) is 11.0 Å². The van der Waals surface area contributed by atoms with Crippen molar-refractivity contribution in [3.8, 4) is 11.5 Å². The zero-order valence-corrected chi connectivity index (χ0v) is 21.1. The minimum atomic E-state index is -0.806. The van der Waals surface area contributed by atoms with Crippen LogP contribution in [0, 0.1) is 17.6 Å². The minimum absolute atomic E-state index is 0.0951. The second-order valence-electron chi connectivity index (χ2n) is 9.71. The van der Waals surface area contributed by atoms with Crippen molar-refractivity contribution in [2.24, 2.45) is 5.92 Å². The number of carbonyl (C=O) groups is 2. The molecule has 0 spiro atoms. The number of aromatic hydroxyl groups is 1. The largest absolute Gasteiger partial charge is 0.507 e. The zero-order valence-electron chi connectivity index (χ0n) is 21.1. The standard InChI is InChI=1S/C27H33F2N3O5/c1-17(2)25(30-26(34)21-5-3-19(29)16-23(21)33)27(35)32-9-7-20(8-10-32)37-24-6-4-18(28)15-22(24)31-11-13-36-14-12-31/h3-6,15-17,20,25,33H,7-14H2,1-2H3,(H,30,34)/t25-/m0/s1. The van der Waals surface area contributed by atoms with E-state index in [1.165, 1.54) is 18.2 Å². The van der Waals surface area contributed by atoms with Crippen molar-refractivity contribution < 1.29 is 33.0 Å². The third kappa shape index (κ3) is 6.49. The number of rotatable bonds is 7. The highest BCUT2D eigenvalue weighted by atomic mass is 19.1. The maximum Gasteiger partial charge on any atom is 0.255 e. The molecule has 4 rings (SSSR count). The fraction of sp³-hybridized carbons (Fsp3) is 0.481. The van der Waals surface area contributed by atoms with Crippen molar-refractivity contribution in [2.75, 3.05) is 44.3 Å². The summed E-state index contributed by atoms with van der Waals surface area (Å²) in [6.45, 7) is 7.00. The number of amides is 2. The number of nitrogens with one attached hydrogen (secondary N) is 1. The third-order valence-electron chi connectivity index (χ3n) is 6.74. The Bertz CT molecular complexity index is 1120. The molecule has 2 saturated heterocycles. The van der Waals surface area contributed by atoms with Crippen molar-refractivity contribution in [3.63, 3.8) is 0 Å². The molecule has 0 unspecified atom stereocenters. The van der Waals surface area contributed by atoms with Gasteiger partial charge in [-0.25, -0.2) is 8.78 Å². The van der Waals surface area contributed by atoms with E-state index in [1.807, 2.05) is 13.8 Å². The molecular weight excluding hydrogens is 484 g/mol. The summed E-state index contributed by atoms with van der Waals surface area (Å²) in [5.41, 5.74) is 0.607. The maximum atomic E-state index is 14.0. The summed E-state index contributed by atoms with van der Waals surface area (Å²) in [5, 5.41) is 12.6. The first-order valence-electron chi connectivity index (χ1n) is 12.6. The van der Waals surface area contributed by atoms with Crippen LogP contribution >= 0.6 is 0 Å². The number of carbonyl (C=O) groups excluding carboxylic acids is 2. The highest BCUT2D eigenvalue weighted by Gasteiger charge is 2.33. The Kier molecular flexibility index (Phi) is 8.48. The first kappa shape index (κ1) is 26.7. The summed E-state index contributed by atoms with van der Waals surface area (Å²) in [6.07, 6.45) is 1.03. The van der Waals surface area contributed by atoms with E-state index >= 15 is 0 Å². The minimum Gasteiger partial charge on any atom is -0.507 e. The van der Waals surface area contributed by atoms with E-state index in [4.69, 9.17) is 9.47 Å². The van der Waals surface area contributed by atoms with Crippen molar-refractivity contribution in [1.82, 2.24) is 10.2 Å². The highest BCUT2D eigenvalue weighted by Crippen LogP contribution is 2.32. The van der Waals surface area contributed by atoms with Gasteiger partial charge in [0.2, 0.25) is 5.91 Å². The molecular formula is C27H33F2N3O5. The number of phenols is 1. The van der Waals surface area contributed by atoms with E-state index in [9.17, 15) is 23.5 Å². The smallest absolute Gasteiger partial charge is 0.255 e. The van der Waals surface area contributed by atoms with Crippen LogP contribution in [0.25, 0.3) is 0 Å². The summed E-state index contributed by atoms with van der Waals surface area (Å²) in [4.78, 5) is 29.7. The van der Waals surface area contributed by atoms with Crippen LogP contribution in [-0.4, -0.2) is 73.4 Å². The molecule has 8 nitrogen and oxygen atoms in total. The van der Waals surface area contributed by atoms with Crippen molar-refractivity contribution in [2.45, 2.75) is 38.8 Å². The number of phenolic OH excluding ortho intramolecular Hbond substituents is 1. The van der Waals surface area contributed by atoms with Gasteiger partial charge in [-0.05, 0) is 30.2 Å². The Balaban J connectivity index is 1.37. The lowest BCUT2D eigenvalue weighted by Crippen LogP contribution is -2.53. The molecule has 1 atom stereocenters. The molecule has 37 heavy (non-hydrogen) atoms. The van der Waals surface area contributed by atoms with Crippen molar-refractivity contribution >= 4 is 17.5 Å². The quantitative estimate of drug-likeness (QED) is 0.586. The molecule has 0 saturated carbocycles. The molecule has 2 amide bonds. The fourth-order valence-electron chi connectivity index (χ4n) is 4.64.